The average Bonchev–Trinajstić information content (AvgIpc) is 2.52. The number of hydrogen-bond donors (Lipinski definition) is 2. The van der Waals surface area contributed by atoms with Gasteiger partial charge in [-0.25, -0.2) is 8.42 Å². The summed E-state index contributed by atoms with van der Waals surface area (Å²) >= 11 is 0. The van der Waals surface area contributed by atoms with Crippen LogP contribution in [0.25, 0.3) is 0 Å². The molecule has 1 heterocycles. The van der Waals surface area contributed by atoms with E-state index in [9.17, 15) is 26.4 Å². The van der Waals surface area contributed by atoms with Gasteiger partial charge in [-0.3, -0.25) is 9.78 Å². The molecule has 144 valence electrons. The van der Waals surface area contributed by atoms with Crippen LogP contribution in [0.5, 0.6) is 11.5 Å². The molecule has 0 radical (unpaired) electrons. The van der Waals surface area contributed by atoms with Crippen LogP contribution in [0.15, 0.2) is 46.5 Å². The molecule has 0 atom stereocenters. The topological polar surface area (TPSA) is 138 Å². The van der Waals surface area contributed by atoms with Crippen molar-refractivity contribution in [2.75, 3.05) is 6.26 Å². The number of benzene rings is 1. The van der Waals surface area contributed by atoms with Crippen LogP contribution in [0, 0.1) is 0 Å². The van der Waals surface area contributed by atoms with Crippen molar-refractivity contribution < 1.29 is 31.1 Å². The summed E-state index contributed by atoms with van der Waals surface area (Å²) < 4.78 is 69.5. The predicted octanol–water partition coefficient (Wildman–Crippen LogP) is 1.71. The molecule has 0 saturated carbocycles. The number of pyridine rings is 1. The molecule has 4 N–H and O–H groups in total. The zero-order chi connectivity index (χ0) is 20.4. The Kier molecular flexibility index (Phi) is 5.40. The fourth-order valence-electron chi connectivity index (χ4n) is 2.05. The number of rotatable bonds is 4. The van der Waals surface area contributed by atoms with E-state index in [0.717, 1.165) is 6.26 Å². The van der Waals surface area contributed by atoms with Crippen LogP contribution in [0.3, 0.4) is 0 Å². The number of sulfone groups is 1. The molecule has 2 rings (SSSR count). The number of alkyl halides is 3. The van der Waals surface area contributed by atoms with Crippen molar-refractivity contribution in [3.8, 4) is 11.5 Å². The van der Waals surface area contributed by atoms with Crippen molar-refractivity contribution in [1.29, 1.82) is 0 Å². The lowest BCUT2D eigenvalue weighted by molar-refractivity contribution is -0.138. The highest BCUT2D eigenvalue weighted by atomic mass is 32.2. The second kappa shape index (κ2) is 7.23. The van der Waals surface area contributed by atoms with E-state index in [1.54, 1.807) is 0 Å². The third kappa shape index (κ3) is 4.94. The van der Waals surface area contributed by atoms with Crippen molar-refractivity contribution in [2.45, 2.75) is 11.1 Å². The molecule has 0 aliphatic carbocycles. The first kappa shape index (κ1) is 20.2. The number of ether oxygens (including phenoxy) is 1. The van der Waals surface area contributed by atoms with Gasteiger partial charge < -0.3 is 16.2 Å². The number of guanidine groups is 1. The fraction of sp³-hybridized carbons (Fsp3) is 0.133. The Labute approximate surface area is 151 Å². The monoisotopic (exact) mass is 402 g/mol. The van der Waals surface area contributed by atoms with Crippen LogP contribution in [-0.4, -0.2) is 31.5 Å². The lowest BCUT2D eigenvalue weighted by Gasteiger charge is -2.16. The maximum absolute atomic E-state index is 13.4. The summed E-state index contributed by atoms with van der Waals surface area (Å²) in [6.45, 7) is 0. The van der Waals surface area contributed by atoms with Crippen molar-refractivity contribution in [1.82, 2.24) is 4.98 Å². The van der Waals surface area contributed by atoms with E-state index in [-0.39, 0.29) is 5.75 Å². The quantitative estimate of drug-likeness (QED) is 0.586. The van der Waals surface area contributed by atoms with Crippen molar-refractivity contribution >= 4 is 21.7 Å². The summed E-state index contributed by atoms with van der Waals surface area (Å²) in [6.07, 6.45) is -1.69. The Morgan fingerprint density at radius 3 is 2.41 bits per heavy atom. The molecule has 0 saturated heterocycles. The lowest BCUT2D eigenvalue weighted by Crippen LogP contribution is -2.25. The standard InChI is InChI=1S/C15H13F3N4O4S/c1-27(24,25)12-5-9(13(23)22-14(19)20)10(15(16,17)18)6-11(12)26-8-3-2-4-21-7-8/h2-7H,1H3,(H4,19,20,22,23). The van der Waals surface area contributed by atoms with Gasteiger partial charge in [-0.15, -0.1) is 0 Å². The van der Waals surface area contributed by atoms with Gasteiger partial charge in [0.25, 0.3) is 5.91 Å². The largest absolute Gasteiger partial charge is 0.454 e. The molecular formula is C15H13F3N4O4S. The number of nitrogens with zero attached hydrogens (tertiary/aromatic N) is 2. The molecule has 0 bridgehead atoms. The third-order valence-electron chi connectivity index (χ3n) is 3.11. The van der Waals surface area contributed by atoms with E-state index in [4.69, 9.17) is 16.2 Å². The normalized spacial score (nSPS) is 11.7. The van der Waals surface area contributed by atoms with Gasteiger partial charge in [-0.05, 0) is 24.3 Å². The van der Waals surface area contributed by atoms with Gasteiger partial charge in [0.15, 0.2) is 15.8 Å². The van der Waals surface area contributed by atoms with E-state index < -0.39 is 49.7 Å². The Morgan fingerprint density at radius 1 is 1.26 bits per heavy atom. The summed E-state index contributed by atoms with van der Waals surface area (Å²) in [5.41, 5.74) is 7.56. The molecule has 2 aromatic rings. The Hall–Kier alpha value is -3.15. The molecule has 1 amide bonds. The van der Waals surface area contributed by atoms with E-state index >= 15 is 0 Å². The Morgan fingerprint density at radius 2 is 1.93 bits per heavy atom. The van der Waals surface area contributed by atoms with Gasteiger partial charge in [0.05, 0.1) is 17.3 Å². The number of nitrogens with two attached hydrogens (primary N) is 2. The highest BCUT2D eigenvalue weighted by Gasteiger charge is 2.37. The van der Waals surface area contributed by atoms with Crippen LogP contribution in [0.4, 0.5) is 13.2 Å². The molecule has 0 fully saturated rings. The maximum Gasteiger partial charge on any atom is 0.417 e. The number of carbonyl (C=O) groups excluding carboxylic acids is 1. The highest BCUT2D eigenvalue weighted by Crippen LogP contribution is 2.39. The van der Waals surface area contributed by atoms with Crippen LogP contribution in [-0.2, 0) is 16.0 Å². The number of hydrogen-bond acceptors (Lipinski definition) is 5. The molecular weight excluding hydrogens is 389 g/mol. The SMILES string of the molecule is CS(=O)(=O)c1cc(C(=O)N=C(N)N)c(C(F)(F)F)cc1Oc1cccnc1. The number of carbonyl (C=O) groups is 1. The fourth-order valence-corrected chi connectivity index (χ4v) is 2.85. The second-order valence-electron chi connectivity index (χ2n) is 5.25. The lowest BCUT2D eigenvalue weighted by atomic mass is 10.1. The van der Waals surface area contributed by atoms with Gasteiger partial charge >= 0.3 is 6.18 Å². The first-order valence-electron chi connectivity index (χ1n) is 7.06. The molecule has 0 unspecified atom stereocenters. The summed E-state index contributed by atoms with van der Waals surface area (Å²) in [4.78, 5) is 18.1. The van der Waals surface area contributed by atoms with Gasteiger partial charge in [-0.2, -0.15) is 18.2 Å². The van der Waals surface area contributed by atoms with Gasteiger partial charge in [0.2, 0.25) is 0 Å². The van der Waals surface area contributed by atoms with Crippen LogP contribution >= 0.6 is 0 Å². The van der Waals surface area contributed by atoms with Gasteiger partial charge in [-0.1, -0.05) is 0 Å². The zero-order valence-electron chi connectivity index (χ0n) is 13.7. The molecule has 12 heteroatoms. The third-order valence-corrected chi connectivity index (χ3v) is 4.23. The van der Waals surface area contributed by atoms with E-state index in [1.807, 2.05) is 0 Å². The zero-order valence-corrected chi connectivity index (χ0v) is 14.5. The first-order chi connectivity index (χ1) is 12.4. The number of amides is 1. The summed E-state index contributed by atoms with van der Waals surface area (Å²) in [5, 5.41) is 0. The number of aliphatic imine (C=N–C) groups is 1. The summed E-state index contributed by atoms with van der Waals surface area (Å²) in [7, 11) is -4.08. The molecule has 0 spiro atoms. The molecule has 1 aromatic heterocycles. The predicted molar refractivity (Wildman–Crippen MR) is 89.0 cm³/mol. The number of halogens is 3. The Bertz CT molecular complexity index is 1000. The molecule has 27 heavy (non-hydrogen) atoms. The molecule has 0 aliphatic rings. The second-order valence-corrected chi connectivity index (χ2v) is 7.23. The minimum atomic E-state index is -5.01. The van der Waals surface area contributed by atoms with E-state index in [2.05, 4.69) is 9.98 Å². The smallest absolute Gasteiger partial charge is 0.417 e. The van der Waals surface area contributed by atoms with Crippen LogP contribution in [0.2, 0.25) is 0 Å². The Balaban J connectivity index is 2.77. The van der Waals surface area contributed by atoms with Gasteiger partial charge in [0, 0.05) is 12.5 Å². The van der Waals surface area contributed by atoms with E-state index in [1.165, 1.54) is 24.5 Å². The molecule has 1 aromatic carbocycles. The molecule has 0 aliphatic heterocycles. The van der Waals surface area contributed by atoms with Crippen molar-refractivity contribution in [2.24, 2.45) is 16.5 Å². The minimum Gasteiger partial charge on any atom is -0.454 e. The minimum absolute atomic E-state index is 0.00109. The van der Waals surface area contributed by atoms with Crippen LogP contribution in [0.1, 0.15) is 15.9 Å². The summed E-state index contributed by atoms with van der Waals surface area (Å²) in [6, 6.07) is 3.74. The van der Waals surface area contributed by atoms with Crippen molar-refractivity contribution in [3.63, 3.8) is 0 Å². The van der Waals surface area contributed by atoms with E-state index in [0.29, 0.717) is 12.1 Å². The maximum atomic E-state index is 13.4. The van der Waals surface area contributed by atoms with Gasteiger partial charge in [0.1, 0.15) is 16.4 Å². The van der Waals surface area contributed by atoms with Crippen LogP contribution < -0.4 is 16.2 Å². The summed E-state index contributed by atoms with van der Waals surface area (Å²) in [5.74, 6) is -2.84. The number of aromatic nitrogens is 1. The average molecular weight is 402 g/mol. The first-order valence-corrected chi connectivity index (χ1v) is 8.96. The highest BCUT2D eigenvalue weighted by molar-refractivity contribution is 7.90. The molecule has 8 nitrogen and oxygen atoms in total. The van der Waals surface area contributed by atoms with Crippen molar-refractivity contribution in [3.05, 3.63) is 47.8 Å².